The van der Waals surface area contributed by atoms with Crippen LogP contribution in [-0.4, -0.2) is 11.7 Å². The second kappa shape index (κ2) is 7.05. The van der Waals surface area contributed by atoms with Crippen LogP contribution in [0.5, 0.6) is 0 Å². The Morgan fingerprint density at radius 3 is 2.84 bits per heavy atom. The molecule has 1 heterocycles. The third kappa shape index (κ3) is 4.18. The van der Waals surface area contributed by atoms with E-state index in [1.807, 2.05) is 17.5 Å². The molecule has 0 unspecified atom stereocenters. The zero-order valence-electron chi connectivity index (χ0n) is 10.2. The molecule has 2 nitrogen and oxygen atoms in total. The van der Waals surface area contributed by atoms with Gasteiger partial charge in [0.15, 0.2) is 0 Å². The van der Waals surface area contributed by atoms with Crippen molar-refractivity contribution in [1.29, 1.82) is 0 Å². The van der Waals surface area contributed by atoms with Crippen molar-refractivity contribution in [3.05, 3.63) is 57.5 Å². The average molecular weight is 276 g/mol. The highest BCUT2D eigenvalue weighted by molar-refractivity contribution is 7.09. The molecule has 0 saturated carbocycles. The molecule has 0 aliphatic carbocycles. The Kier molecular flexibility index (Phi) is 5.10. The Balaban J connectivity index is 1.93. The van der Waals surface area contributed by atoms with Crippen LogP contribution in [0.2, 0.25) is 0 Å². The molecule has 1 N–H and O–H groups in total. The first-order valence-electron chi connectivity index (χ1n) is 5.78. The maximum Gasteiger partial charge on any atom is 0.129 e. The highest BCUT2D eigenvalue weighted by atomic mass is 32.1. The fourth-order valence-corrected chi connectivity index (χ4v) is 2.18. The summed E-state index contributed by atoms with van der Waals surface area (Å²) in [4.78, 5) is 1.12. The van der Waals surface area contributed by atoms with Crippen LogP contribution in [0.25, 0.3) is 0 Å². The summed E-state index contributed by atoms with van der Waals surface area (Å²) in [6, 6.07) is 8.67. The Labute approximate surface area is 115 Å². The predicted octanol–water partition coefficient (Wildman–Crippen LogP) is 2.95. The summed E-state index contributed by atoms with van der Waals surface area (Å²) >= 11 is 1.61. The van der Waals surface area contributed by atoms with E-state index >= 15 is 0 Å². The first kappa shape index (κ1) is 13.8. The van der Waals surface area contributed by atoms with Gasteiger partial charge in [-0.2, -0.15) is 0 Å². The minimum Gasteiger partial charge on any atom is -0.384 e. The third-order valence-corrected chi connectivity index (χ3v) is 3.30. The molecular formula is C15H13FO2S. The minimum absolute atomic E-state index is 0.229. The highest BCUT2D eigenvalue weighted by Crippen LogP contribution is 2.14. The quantitative estimate of drug-likeness (QED) is 0.870. The standard InChI is InChI=1S/C15H13FO2S/c16-15-9-12(3-1-7-17)5-6-13(15)10-18-11-14-4-2-8-19-14/h2,4-6,8-9,17H,7,10-11H2. The maximum absolute atomic E-state index is 13.7. The highest BCUT2D eigenvalue weighted by Gasteiger charge is 2.03. The Hall–Kier alpha value is -1.67. The minimum atomic E-state index is -0.337. The van der Waals surface area contributed by atoms with E-state index in [-0.39, 0.29) is 19.0 Å². The molecule has 98 valence electrons. The summed E-state index contributed by atoms with van der Waals surface area (Å²) < 4.78 is 19.2. The number of ether oxygens (including phenoxy) is 1. The van der Waals surface area contributed by atoms with Crippen LogP contribution in [0.3, 0.4) is 0 Å². The van der Waals surface area contributed by atoms with Gasteiger partial charge in [0.1, 0.15) is 12.4 Å². The number of halogens is 1. The molecule has 4 heteroatoms. The molecule has 0 atom stereocenters. The number of rotatable bonds is 4. The van der Waals surface area contributed by atoms with E-state index in [2.05, 4.69) is 11.8 Å². The molecule has 0 fully saturated rings. The Morgan fingerprint density at radius 1 is 1.26 bits per heavy atom. The molecule has 0 aliphatic rings. The van der Waals surface area contributed by atoms with Crippen LogP contribution >= 0.6 is 11.3 Å². The lowest BCUT2D eigenvalue weighted by Crippen LogP contribution is -1.96. The molecule has 0 radical (unpaired) electrons. The summed E-state index contributed by atoms with van der Waals surface area (Å²) in [6.45, 7) is 0.494. The average Bonchev–Trinajstić information content (AvgIpc) is 2.92. The molecule has 0 spiro atoms. The van der Waals surface area contributed by atoms with Crippen LogP contribution < -0.4 is 0 Å². The summed E-state index contributed by atoms with van der Waals surface area (Å²) in [7, 11) is 0. The smallest absolute Gasteiger partial charge is 0.129 e. The van der Waals surface area contributed by atoms with Crippen molar-refractivity contribution in [3.8, 4) is 11.8 Å². The number of aliphatic hydroxyl groups excluding tert-OH is 1. The van der Waals surface area contributed by atoms with Gasteiger partial charge < -0.3 is 9.84 Å². The number of aliphatic hydroxyl groups is 1. The monoisotopic (exact) mass is 276 g/mol. The van der Waals surface area contributed by atoms with Crippen LogP contribution in [0, 0.1) is 17.7 Å². The van der Waals surface area contributed by atoms with Crippen molar-refractivity contribution >= 4 is 11.3 Å². The second-order valence-corrected chi connectivity index (χ2v) is 4.87. The summed E-state index contributed by atoms with van der Waals surface area (Å²) in [6.07, 6.45) is 0. The van der Waals surface area contributed by atoms with Crippen molar-refractivity contribution in [2.75, 3.05) is 6.61 Å². The zero-order valence-corrected chi connectivity index (χ0v) is 11.0. The van der Waals surface area contributed by atoms with Crippen molar-refractivity contribution in [2.24, 2.45) is 0 Å². The molecule has 2 aromatic rings. The summed E-state index contributed by atoms with van der Waals surface area (Å²) in [5.41, 5.74) is 1.06. The van der Waals surface area contributed by atoms with Gasteiger partial charge in [-0.05, 0) is 23.6 Å². The number of hydrogen-bond acceptors (Lipinski definition) is 3. The lowest BCUT2D eigenvalue weighted by molar-refractivity contribution is 0.107. The number of hydrogen-bond donors (Lipinski definition) is 1. The van der Waals surface area contributed by atoms with Gasteiger partial charge in [0.05, 0.1) is 13.2 Å². The second-order valence-electron chi connectivity index (χ2n) is 3.84. The maximum atomic E-state index is 13.7. The molecule has 0 bridgehead atoms. The number of benzene rings is 1. The van der Waals surface area contributed by atoms with Gasteiger partial charge in [0.25, 0.3) is 0 Å². The molecule has 19 heavy (non-hydrogen) atoms. The normalized spacial score (nSPS) is 10.0. The Bertz CT molecular complexity index is 582. The molecular weight excluding hydrogens is 263 g/mol. The molecule has 1 aromatic carbocycles. The van der Waals surface area contributed by atoms with E-state index < -0.39 is 0 Å². The van der Waals surface area contributed by atoms with Crippen molar-refractivity contribution < 1.29 is 14.2 Å². The fourth-order valence-electron chi connectivity index (χ4n) is 1.54. The van der Waals surface area contributed by atoms with E-state index in [9.17, 15) is 4.39 Å². The lowest BCUT2D eigenvalue weighted by Gasteiger charge is -2.04. The zero-order chi connectivity index (χ0) is 13.5. The van der Waals surface area contributed by atoms with Gasteiger partial charge in [0.2, 0.25) is 0 Å². The third-order valence-electron chi connectivity index (χ3n) is 2.45. The first-order chi connectivity index (χ1) is 9.29. The summed E-state index contributed by atoms with van der Waals surface area (Å²) in [5, 5.41) is 10.6. The van der Waals surface area contributed by atoms with Crippen molar-refractivity contribution in [2.45, 2.75) is 13.2 Å². The fraction of sp³-hybridized carbons (Fsp3) is 0.200. The van der Waals surface area contributed by atoms with E-state index in [1.54, 1.807) is 23.5 Å². The van der Waals surface area contributed by atoms with Crippen LogP contribution in [0.15, 0.2) is 35.7 Å². The van der Waals surface area contributed by atoms with Gasteiger partial charge in [-0.15, -0.1) is 11.3 Å². The first-order valence-corrected chi connectivity index (χ1v) is 6.66. The van der Waals surface area contributed by atoms with E-state index in [0.29, 0.717) is 17.7 Å². The van der Waals surface area contributed by atoms with E-state index in [4.69, 9.17) is 9.84 Å². The van der Waals surface area contributed by atoms with E-state index in [0.717, 1.165) is 4.88 Å². The van der Waals surface area contributed by atoms with Gasteiger partial charge in [-0.3, -0.25) is 0 Å². The van der Waals surface area contributed by atoms with Gasteiger partial charge in [-0.1, -0.05) is 24.0 Å². The lowest BCUT2D eigenvalue weighted by atomic mass is 10.1. The molecule has 2 rings (SSSR count). The SMILES string of the molecule is OCC#Cc1ccc(COCc2cccs2)c(F)c1. The van der Waals surface area contributed by atoms with Crippen molar-refractivity contribution in [3.63, 3.8) is 0 Å². The van der Waals surface area contributed by atoms with Gasteiger partial charge in [-0.25, -0.2) is 4.39 Å². The van der Waals surface area contributed by atoms with Crippen LogP contribution in [0.4, 0.5) is 4.39 Å². The molecule has 0 amide bonds. The van der Waals surface area contributed by atoms with Gasteiger partial charge in [0, 0.05) is 16.0 Å². The largest absolute Gasteiger partial charge is 0.384 e. The molecule has 0 aliphatic heterocycles. The van der Waals surface area contributed by atoms with Crippen molar-refractivity contribution in [1.82, 2.24) is 0 Å². The molecule has 1 aromatic heterocycles. The summed E-state index contributed by atoms with van der Waals surface area (Å²) in [5.74, 6) is 4.81. The van der Waals surface area contributed by atoms with Gasteiger partial charge >= 0.3 is 0 Å². The Morgan fingerprint density at radius 2 is 2.16 bits per heavy atom. The topological polar surface area (TPSA) is 29.5 Å². The predicted molar refractivity (Wildman–Crippen MR) is 73.2 cm³/mol. The molecule has 0 saturated heterocycles. The van der Waals surface area contributed by atoms with Crippen LogP contribution in [0.1, 0.15) is 16.0 Å². The number of thiophene rings is 1. The van der Waals surface area contributed by atoms with E-state index in [1.165, 1.54) is 6.07 Å². The van der Waals surface area contributed by atoms with Crippen LogP contribution in [-0.2, 0) is 18.0 Å².